The number of rotatable bonds is 10. The summed E-state index contributed by atoms with van der Waals surface area (Å²) in [4.78, 5) is 50.7. The number of H-pyrrole nitrogens is 1. The number of nitrogen functional groups attached to an aromatic ring is 1. The molecule has 0 atom stereocenters. The van der Waals surface area contributed by atoms with E-state index in [2.05, 4.69) is 10.3 Å². The number of carboxylic acids is 1. The Bertz CT molecular complexity index is 752. The Morgan fingerprint density at radius 3 is 2.54 bits per heavy atom. The highest BCUT2D eigenvalue weighted by Gasteiger charge is 2.22. The first-order valence-corrected chi connectivity index (χ1v) is 8.53. The second kappa shape index (κ2) is 9.64. The highest BCUT2D eigenvalue weighted by Crippen LogP contribution is 2.18. The third-order valence-electron chi connectivity index (χ3n) is 3.62. The summed E-state index contributed by atoms with van der Waals surface area (Å²) in [5.74, 6) is -1.63. The van der Waals surface area contributed by atoms with Crippen molar-refractivity contribution < 1.29 is 14.7 Å². The van der Waals surface area contributed by atoms with Gasteiger partial charge in [0.05, 0.1) is 6.54 Å². The first-order valence-electron chi connectivity index (χ1n) is 8.53. The zero-order chi connectivity index (χ0) is 19.9. The molecule has 0 fully saturated rings. The molecule has 0 unspecified atom stereocenters. The number of nitrogens with two attached hydrogens (primary N) is 1. The number of aromatic nitrogens is 2. The molecular weight excluding hydrogens is 342 g/mol. The second-order valence-electron chi connectivity index (χ2n) is 6.44. The minimum atomic E-state index is -1.17. The lowest BCUT2D eigenvalue weighted by Crippen LogP contribution is -2.45. The molecule has 0 aromatic carbocycles. The molecule has 1 aromatic rings. The maximum absolute atomic E-state index is 12.3. The number of amides is 1. The van der Waals surface area contributed by atoms with Crippen LogP contribution in [0.5, 0.6) is 0 Å². The number of nitrogens with zero attached hydrogens (tertiary/aromatic N) is 2. The number of hydrogen-bond donors (Lipinski definition) is 4. The lowest BCUT2D eigenvalue weighted by Gasteiger charge is -2.27. The van der Waals surface area contributed by atoms with Gasteiger partial charge in [-0.2, -0.15) is 0 Å². The Balaban J connectivity index is 3.24. The lowest BCUT2D eigenvalue weighted by atomic mass is 10.2. The minimum absolute atomic E-state index is 0.00103. The van der Waals surface area contributed by atoms with Gasteiger partial charge in [0.15, 0.2) is 0 Å². The maximum atomic E-state index is 12.3. The van der Waals surface area contributed by atoms with Crippen molar-refractivity contribution in [2.45, 2.75) is 40.2 Å². The summed E-state index contributed by atoms with van der Waals surface area (Å²) in [6, 6.07) is 0. The van der Waals surface area contributed by atoms with Gasteiger partial charge in [0.25, 0.3) is 5.56 Å². The number of nitrogens with one attached hydrogen (secondary N) is 2. The summed E-state index contributed by atoms with van der Waals surface area (Å²) in [5.41, 5.74) is 4.85. The number of carboxylic acid groups (broad SMARTS) is 1. The van der Waals surface area contributed by atoms with Crippen LogP contribution in [0.1, 0.15) is 33.6 Å². The molecule has 26 heavy (non-hydrogen) atoms. The van der Waals surface area contributed by atoms with Gasteiger partial charge in [0, 0.05) is 13.1 Å². The van der Waals surface area contributed by atoms with E-state index in [1.807, 2.05) is 20.8 Å². The SMILES string of the molecule is CCCCn1c(N)c(N(CC(=O)NCC(=O)O)CC(C)C)c(=O)[nH]c1=O. The van der Waals surface area contributed by atoms with E-state index in [-0.39, 0.29) is 24.0 Å². The van der Waals surface area contributed by atoms with Crippen LogP contribution in [0.2, 0.25) is 0 Å². The Morgan fingerprint density at radius 2 is 2.00 bits per heavy atom. The van der Waals surface area contributed by atoms with Crippen LogP contribution in [-0.2, 0) is 16.1 Å². The van der Waals surface area contributed by atoms with Crippen LogP contribution in [0.25, 0.3) is 0 Å². The monoisotopic (exact) mass is 369 g/mol. The van der Waals surface area contributed by atoms with Crippen molar-refractivity contribution in [1.82, 2.24) is 14.9 Å². The molecule has 0 aliphatic rings. The van der Waals surface area contributed by atoms with Crippen LogP contribution in [0.15, 0.2) is 9.59 Å². The molecule has 10 nitrogen and oxygen atoms in total. The molecule has 0 aliphatic heterocycles. The topological polar surface area (TPSA) is 151 Å². The number of carbonyl (C=O) groups is 2. The highest BCUT2D eigenvalue weighted by molar-refractivity contribution is 5.85. The van der Waals surface area contributed by atoms with E-state index in [0.29, 0.717) is 19.5 Å². The molecule has 1 heterocycles. The van der Waals surface area contributed by atoms with Crippen molar-refractivity contribution in [1.29, 1.82) is 0 Å². The largest absolute Gasteiger partial charge is 0.480 e. The molecule has 146 valence electrons. The summed E-state index contributed by atoms with van der Waals surface area (Å²) in [5, 5.41) is 10.9. The van der Waals surface area contributed by atoms with E-state index in [0.717, 1.165) is 6.42 Å². The fourth-order valence-corrected chi connectivity index (χ4v) is 2.50. The van der Waals surface area contributed by atoms with Crippen molar-refractivity contribution in [3.63, 3.8) is 0 Å². The molecule has 1 amide bonds. The molecule has 0 saturated heterocycles. The van der Waals surface area contributed by atoms with Gasteiger partial charge >= 0.3 is 11.7 Å². The average Bonchev–Trinajstić information content (AvgIpc) is 2.51. The zero-order valence-electron chi connectivity index (χ0n) is 15.4. The molecule has 0 radical (unpaired) electrons. The molecule has 1 aromatic heterocycles. The molecule has 1 rings (SSSR count). The van der Waals surface area contributed by atoms with Crippen LogP contribution in [0.4, 0.5) is 11.5 Å². The van der Waals surface area contributed by atoms with Crippen molar-refractivity contribution in [3.8, 4) is 0 Å². The number of anilines is 2. The van der Waals surface area contributed by atoms with Crippen LogP contribution >= 0.6 is 0 Å². The number of unbranched alkanes of at least 4 members (excludes halogenated alkanes) is 1. The van der Waals surface area contributed by atoms with Crippen LogP contribution < -0.4 is 27.2 Å². The van der Waals surface area contributed by atoms with Crippen molar-refractivity contribution in [3.05, 3.63) is 20.8 Å². The molecule has 0 aliphatic carbocycles. The molecule has 0 bridgehead atoms. The van der Waals surface area contributed by atoms with Gasteiger partial charge in [-0.05, 0) is 12.3 Å². The van der Waals surface area contributed by atoms with Gasteiger partial charge in [-0.15, -0.1) is 0 Å². The quantitative estimate of drug-likeness (QED) is 0.437. The summed E-state index contributed by atoms with van der Waals surface area (Å²) < 4.78 is 1.28. The van der Waals surface area contributed by atoms with E-state index in [1.165, 1.54) is 9.47 Å². The molecule has 0 saturated carbocycles. The first-order chi connectivity index (χ1) is 12.2. The van der Waals surface area contributed by atoms with Crippen molar-refractivity contribution in [2.75, 3.05) is 30.3 Å². The predicted octanol–water partition coefficient (Wildman–Crippen LogP) is -0.418. The fourth-order valence-electron chi connectivity index (χ4n) is 2.50. The van der Waals surface area contributed by atoms with Gasteiger partial charge in [-0.3, -0.25) is 23.9 Å². The summed E-state index contributed by atoms with van der Waals surface area (Å²) in [7, 11) is 0. The van der Waals surface area contributed by atoms with Gasteiger partial charge in [-0.25, -0.2) is 4.79 Å². The number of aromatic amines is 1. The molecule has 10 heteroatoms. The Labute approximate surface area is 151 Å². The third kappa shape index (κ3) is 5.94. The van der Waals surface area contributed by atoms with E-state index in [1.54, 1.807) is 0 Å². The van der Waals surface area contributed by atoms with Gasteiger partial charge < -0.3 is 21.1 Å². The van der Waals surface area contributed by atoms with Gasteiger partial charge in [-0.1, -0.05) is 27.2 Å². The van der Waals surface area contributed by atoms with E-state index in [4.69, 9.17) is 10.8 Å². The van der Waals surface area contributed by atoms with Gasteiger partial charge in [0.2, 0.25) is 5.91 Å². The minimum Gasteiger partial charge on any atom is -0.480 e. The highest BCUT2D eigenvalue weighted by atomic mass is 16.4. The predicted molar refractivity (Wildman–Crippen MR) is 98.3 cm³/mol. The van der Waals surface area contributed by atoms with Crippen LogP contribution in [0.3, 0.4) is 0 Å². The maximum Gasteiger partial charge on any atom is 0.330 e. The molecular formula is C16H27N5O5. The van der Waals surface area contributed by atoms with Gasteiger partial charge in [0.1, 0.15) is 18.1 Å². The molecule has 0 spiro atoms. The van der Waals surface area contributed by atoms with E-state index >= 15 is 0 Å². The van der Waals surface area contributed by atoms with Crippen LogP contribution in [-0.4, -0.2) is 46.2 Å². The Hall–Kier alpha value is -2.78. The summed E-state index contributed by atoms with van der Waals surface area (Å²) >= 11 is 0. The van der Waals surface area contributed by atoms with E-state index < -0.39 is 29.7 Å². The molecule has 5 N–H and O–H groups in total. The second-order valence-corrected chi connectivity index (χ2v) is 6.44. The standard InChI is InChI=1S/C16H27N5O5/c1-4-5-6-21-14(17)13(15(25)19-16(21)26)20(8-10(2)3)9-11(22)18-7-12(23)24/h10H,4-9,17H2,1-3H3,(H,18,22)(H,23,24)(H,19,25,26). The smallest absolute Gasteiger partial charge is 0.330 e. The Kier molecular flexibility index (Phi) is 7.88. The lowest BCUT2D eigenvalue weighted by molar-refractivity contribution is -0.137. The normalized spacial score (nSPS) is 10.8. The Morgan fingerprint density at radius 1 is 1.35 bits per heavy atom. The summed E-state index contributed by atoms with van der Waals surface area (Å²) in [6.45, 7) is 5.69. The van der Waals surface area contributed by atoms with Crippen molar-refractivity contribution >= 4 is 23.4 Å². The number of carbonyl (C=O) groups excluding carboxylic acids is 1. The van der Waals surface area contributed by atoms with Crippen molar-refractivity contribution in [2.24, 2.45) is 5.92 Å². The van der Waals surface area contributed by atoms with E-state index in [9.17, 15) is 19.2 Å². The first kappa shape index (κ1) is 21.3. The number of aliphatic carboxylic acids is 1. The zero-order valence-corrected chi connectivity index (χ0v) is 15.4. The fraction of sp³-hybridized carbons (Fsp3) is 0.625. The summed E-state index contributed by atoms with van der Waals surface area (Å²) in [6.07, 6.45) is 1.55. The average molecular weight is 369 g/mol. The third-order valence-corrected chi connectivity index (χ3v) is 3.62. The number of hydrogen-bond acceptors (Lipinski definition) is 6. The van der Waals surface area contributed by atoms with Crippen LogP contribution in [0, 0.1) is 5.92 Å².